The van der Waals surface area contributed by atoms with Crippen molar-refractivity contribution in [2.24, 2.45) is 11.8 Å². The SMILES string of the molecule is CCC(C)NC(=O)N1CC(C)C(C(=O)O)C1. The van der Waals surface area contributed by atoms with E-state index in [-0.39, 0.29) is 18.0 Å². The monoisotopic (exact) mass is 228 g/mol. The topological polar surface area (TPSA) is 69.6 Å². The van der Waals surface area contributed by atoms with Crippen LogP contribution in [-0.4, -0.2) is 41.1 Å². The summed E-state index contributed by atoms with van der Waals surface area (Å²) in [4.78, 5) is 24.2. The van der Waals surface area contributed by atoms with Crippen LogP contribution < -0.4 is 5.32 Å². The third kappa shape index (κ3) is 2.87. The molecule has 5 heteroatoms. The molecule has 1 rings (SSSR count). The molecule has 16 heavy (non-hydrogen) atoms. The quantitative estimate of drug-likeness (QED) is 0.761. The van der Waals surface area contributed by atoms with Gasteiger partial charge in [-0.05, 0) is 19.3 Å². The number of likely N-dealkylation sites (tertiary alicyclic amines) is 1. The fraction of sp³-hybridized carbons (Fsp3) is 0.818. The average Bonchev–Trinajstić information content (AvgIpc) is 2.60. The van der Waals surface area contributed by atoms with Gasteiger partial charge in [-0.15, -0.1) is 0 Å². The largest absolute Gasteiger partial charge is 0.481 e. The minimum atomic E-state index is -0.814. The van der Waals surface area contributed by atoms with Gasteiger partial charge in [0.2, 0.25) is 0 Å². The molecule has 0 aromatic heterocycles. The number of carboxylic acid groups (broad SMARTS) is 1. The second-order valence-electron chi connectivity index (χ2n) is 4.59. The minimum Gasteiger partial charge on any atom is -0.481 e. The first kappa shape index (κ1) is 12.8. The summed E-state index contributed by atoms with van der Waals surface area (Å²) < 4.78 is 0. The van der Waals surface area contributed by atoms with E-state index in [2.05, 4.69) is 5.32 Å². The zero-order valence-electron chi connectivity index (χ0n) is 10.1. The van der Waals surface area contributed by atoms with Crippen LogP contribution in [0.5, 0.6) is 0 Å². The molecule has 1 fully saturated rings. The van der Waals surface area contributed by atoms with Crippen molar-refractivity contribution >= 4 is 12.0 Å². The summed E-state index contributed by atoms with van der Waals surface area (Å²) in [7, 11) is 0. The van der Waals surface area contributed by atoms with Gasteiger partial charge in [0, 0.05) is 19.1 Å². The molecule has 2 N–H and O–H groups in total. The van der Waals surface area contributed by atoms with Gasteiger partial charge >= 0.3 is 12.0 Å². The molecule has 5 nitrogen and oxygen atoms in total. The zero-order valence-corrected chi connectivity index (χ0v) is 10.1. The molecule has 0 bridgehead atoms. The summed E-state index contributed by atoms with van der Waals surface area (Å²) in [6.45, 7) is 6.65. The predicted molar refractivity (Wildman–Crippen MR) is 60.1 cm³/mol. The Balaban J connectivity index is 2.51. The number of rotatable bonds is 3. The molecule has 0 aromatic rings. The van der Waals surface area contributed by atoms with Crippen LogP contribution in [0.3, 0.4) is 0 Å². The molecule has 1 aliphatic heterocycles. The van der Waals surface area contributed by atoms with Crippen LogP contribution in [0.1, 0.15) is 27.2 Å². The van der Waals surface area contributed by atoms with Gasteiger partial charge in [-0.25, -0.2) is 4.79 Å². The Morgan fingerprint density at radius 3 is 2.56 bits per heavy atom. The lowest BCUT2D eigenvalue weighted by atomic mass is 9.99. The Kier molecular flexibility index (Phi) is 4.15. The molecule has 3 atom stereocenters. The smallest absolute Gasteiger partial charge is 0.317 e. The number of carbonyl (C=O) groups excluding carboxylic acids is 1. The first-order valence-corrected chi connectivity index (χ1v) is 5.74. The Morgan fingerprint density at radius 1 is 1.50 bits per heavy atom. The Bertz CT molecular complexity index is 280. The van der Waals surface area contributed by atoms with Gasteiger partial charge in [-0.3, -0.25) is 4.79 Å². The maximum Gasteiger partial charge on any atom is 0.317 e. The van der Waals surface area contributed by atoms with E-state index in [1.54, 1.807) is 4.90 Å². The van der Waals surface area contributed by atoms with Crippen molar-refractivity contribution in [1.82, 2.24) is 10.2 Å². The Hall–Kier alpha value is -1.26. The molecule has 2 amide bonds. The third-order valence-corrected chi connectivity index (χ3v) is 3.20. The van der Waals surface area contributed by atoms with E-state index in [9.17, 15) is 9.59 Å². The van der Waals surface area contributed by atoms with Crippen molar-refractivity contribution in [3.05, 3.63) is 0 Å². The molecular weight excluding hydrogens is 208 g/mol. The lowest BCUT2D eigenvalue weighted by Crippen LogP contribution is -2.42. The van der Waals surface area contributed by atoms with Crippen molar-refractivity contribution in [2.75, 3.05) is 13.1 Å². The van der Waals surface area contributed by atoms with Gasteiger partial charge in [0.15, 0.2) is 0 Å². The summed E-state index contributed by atoms with van der Waals surface area (Å²) in [6, 6.07) is -0.0170. The zero-order chi connectivity index (χ0) is 12.3. The van der Waals surface area contributed by atoms with Gasteiger partial charge in [0.1, 0.15) is 0 Å². The first-order chi connectivity index (χ1) is 7.45. The normalized spacial score (nSPS) is 26.6. The summed E-state index contributed by atoms with van der Waals surface area (Å²) in [5.74, 6) is -1.21. The molecular formula is C11H20N2O3. The number of urea groups is 1. The van der Waals surface area contributed by atoms with Crippen molar-refractivity contribution in [1.29, 1.82) is 0 Å². The van der Waals surface area contributed by atoms with E-state index in [4.69, 9.17) is 5.11 Å². The van der Waals surface area contributed by atoms with Crippen LogP contribution in [0.2, 0.25) is 0 Å². The van der Waals surface area contributed by atoms with Gasteiger partial charge < -0.3 is 15.3 Å². The summed E-state index contributed by atoms with van der Waals surface area (Å²) >= 11 is 0. The highest BCUT2D eigenvalue weighted by Crippen LogP contribution is 2.23. The second-order valence-corrected chi connectivity index (χ2v) is 4.59. The number of carbonyl (C=O) groups is 2. The highest BCUT2D eigenvalue weighted by atomic mass is 16.4. The van der Waals surface area contributed by atoms with Crippen molar-refractivity contribution in [3.63, 3.8) is 0 Å². The molecule has 3 unspecified atom stereocenters. The van der Waals surface area contributed by atoms with Gasteiger partial charge in [-0.1, -0.05) is 13.8 Å². The lowest BCUT2D eigenvalue weighted by Gasteiger charge is -2.19. The van der Waals surface area contributed by atoms with E-state index >= 15 is 0 Å². The Morgan fingerprint density at radius 2 is 2.12 bits per heavy atom. The maximum absolute atomic E-state index is 11.8. The van der Waals surface area contributed by atoms with Gasteiger partial charge in [0.05, 0.1) is 5.92 Å². The lowest BCUT2D eigenvalue weighted by molar-refractivity contribution is -0.142. The molecule has 0 aromatic carbocycles. The molecule has 0 aliphatic carbocycles. The molecule has 1 saturated heterocycles. The summed E-state index contributed by atoms with van der Waals surface area (Å²) in [5, 5.41) is 11.8. The van der Waals surface area contributed by atoms with Crippen LogP contribution in [0.25, 0.3) is 0 Å². The molecule has 0 saturated carbocycles. The molecule has 92 valence electrons. The number of nitrogens with zero attached hydrogens (tertiary/aromatic N) is 1. The van der Waals surface area contributed by atoms with Crippen LogP contribution in [-0.2, 0) is 4.79 Å². The predicted octanol–water partition coefficient (Wildman–Crippen LogP) is 1.15. The van der Waals surface area contributed by atoms with E-state index in [0.29, 0.717) is 13.1 Å². The van der Waals surface area contributed by atoms with E-state index in [0.717, 1.165) is 6.42 Å². The fourth-order valence-electron chi connectivity index (χ4n) is 1.86. The average molecular weight is 228 g/mol. The summed E-state index contributed by atoms with van der Waals surface area (Å²) in [5.41, 5.74) is 0. The Labute approximate surface area is 95.8 Å². The standard InChI is InChI=1S/C11H20N2O3/c1-4-8(3)12-11(16)13-5-7(2)9(6-13)10(14)15/h7-9H,4-6H2,1-3H3,(H,12,16)(H,14,15). The minimum absolute atomic E-state index is 0.0279. The van der Waals surface area contributed by atoms with Gasteiger partial charge in [0.25, 0.3) is 0 Å². The number of hydrogen-bond donors (Lipinski definition) is 2. The highest BCUT2D eigenvalue weighted by Gasteiger charge is 2.36. The molecule has 1 heterocycles. The number of amides is 2. The van der Waals surface area contributed by atoms with Crippen LogP contribution >= 0.6 is 0 Å². The molecule has 0 radical (unpaired) electrons. The number of aliphatic carboxylic acids is 1. The van der Waals surface area contributed by atoms with Crippen LogP contribution in [0.4, 0.5) is 4.79 Å². The molecule has 0 spiro atoms. The number of nitrogens with one attached hydrogen (secondary N) is 1. The fourth-order valence-corrected chi connectivity index (χ4v) is 1.86. The number of carboxylic acids is 1. The maximum atomic E-state index is 11.8. The van der Waals surface area contributed by atoms with Crippen molar-refractivity contribution < 1.29 is 14.7 Å². The third-order valence-electron chi connectivity index (χ3n) is 3.20. The summed E-state index contributed by atoms with van der Waals surface area (Å²) in [6.07, 6.45) is 0.873. The van der Waals surface area contributed by atoms with Crippen LogP contribution in [0, 0.1) is 11.8 Å². The van der Waals surface area contributed by atoms with E-state index in [1.165, 1.54) is 0 Å². The van der Waals surface area contributed by atoms with Crippen LogP contribution in [0.15, 0.2) is 0 Å². The van der Waals surface area contributed by atoms with Gasteiger partial charge in [-0.2, -0.15) is 0 Å². The van der Waals surface area contributed by atoms with Crippen molar-refractivity contribution in [2.45, 2.75) is 33.2 Å². The first-order valence-electron chi connectivity index (χ1n) is 5.74. The number of hydrogen-bond acceptors (Lipinski definition) is 2. The van der Waals surface area contributed by atoms with Crippen molar-refractivity contribution in [3.8, 4) is 0 Å². The molecule has 1 aliphatic rings. The van der Waals surface area contributed by atoms with E-state index in [1.807, 2.05) is 20.8 Å². The van der Waals surface area contributed by atoms with E-state index < -0.39 is 11.9 Å². The highest BCUT2D eigenvalue weighted by molar-refractivity contribution is 5.77. The second kappa shape index (κ2) is 5.18.